The van der Waals surface area contributed by atoms with Crippen LogP contribution in [0.25, 0.3) is 0 Å². The van der Waals surface area contributed by atoms with Gasteiger partial charge in [0.25, 0.3) is 5.91 Å². The number of anilines is 1. The largest absolute Gasteiger partial charge is 0.490 e. The molecular formula is C43H61ClN4O4S. The van der Waals surface area contributed by atoms with Crippen molar-refractivity contribution in [2.24, 2.45) is 17.8 Å². The lowest BCUT2D eigenvalue weighted by atomic mass is 9.63. The Balaban J connectivity index is 1.30. The lowest BCUT2D eigenvalue weighted by molar-refractivity contribution is -0.113. The number of ether oxygens (including phenoxy) is 2. The molecule has 1 saturated carbocycles. The van der Waals surface area contributed by atoms with Gasteiger partial charge in [0.1, 0.15) is 11.4 Å². The average Bonchev–Trinajstić information content (AvgIpc) is 3.26. The van der Waals surface area contributed by atoms with Crippen LogP contribution >= 0.6 is 11.6 Å². The fourth-order valence-electron chi connectivity index (χ4n) is 9.88. The van der Waals surface area contributed by atoms with E-state index in [2.05, 4.69) is 77.3 Å². The van der Waals surface area contributed by atoms with Crippen LogP contribution in [0, 0.1) is 17.8 Å². The second kappa shape index (κ2) is 15.5. The highest BCUT2D eigenvalue weighted by Crippen LogP contribution is 2.49. The van der Waals surface area contributed by atoms with Crippen LogP contribution in [0.3, 0.4) is 0 Å². The molecule has 53 heavy (non-hydrogen) atoms. The van der Waals surface area contributed by atoms with Gasteiger partial charge >= 0.3 is 0 Å². The van der Waals surface area contributed by atoms with Crippen LogP contribution in [0.4, 0.5) is 5.69 Å². The molecule has 1 amide bonds. The lowest BCUT2D eigenvalue weighted by Crippen LogP contribution is -2.59. The van der Waals surface area contributed by atoms with Gasteiger partial charge in [-0.3, -0.25) is 19.3 Å². The van der Waals surface area contributed by atoms with Gasteiger partial charge in [-0.1, -0.05) is 36.7 Å². The van der Waals surface area contributed by atoms with Crippen molar-refractivity contribution in [2.45, 2.75) is 95.5 Å². The summed E-state index contributed by atoms with van der Waals surface area (Å²) in [6, 6.07) is 12.6. The zero-order valence-corrected chi connectivity index (χ0v) is 34.2. The Hall–Kier alpha value is -2.56. The summed E-state index contributed by atoms with van der Waals surface area (Å²) in [7, 11) is -2.95. The molecule has 1 N–H and O–H groups in total. The second-order valence-corrected chi connectivity index (χ2v) is 19.8. The molecule has 2 fully saturated rings. The van der Waals surface area contributed by atoms with Crippen molar-refractivity contribution < 1.29 is 18.5 Å². The third kappa shape index (κ3) is 7.80. The Kier molecular flexibility index (Phi) is 11.3. The molecule has 1 spiro atoms. The summed E-state index contributed by atoms with van der Waals surface area (Å²) < 4.78 is 30.7. The number of rotatable bonds is 5. The number of carbonyl (C=O) groups excluding carboxylic acids is 1. The predicted octanol–water partition coefficient (Wildman–Crippen LogP) is 6.99. The average molecular weight is 766 g/mol. The molecule has 290 valence electrons. The van der Waals surface area contributed by atoms with Gasteiger partial charge in [-0.2, -0.15) is 0 Å². The predicted molar refractivity (Wildman–Crippen MR) is 219 cm³/mol. The first-order chi connectivity index (χ1) is 25.3. The summed E-state index contributed by atoms with van der Waals surface area (Å²) in [5.41, 5.74) is 3.36. The summed E-state index contributed by atoms with van der Waals surface area (Å²) in [5.74, 6) is 5.27. The molecule has 2 aliphatic carbocycles. The molecule has 2 aromatic rings. The Morgan fingerprint density at radius 1 is 1.11 bits per heavy atom. The quantitative estimate of drug-likeness (QED) is 0.260. The van der Waals surface area contributed by atoms with E-state index < -0.39 is 15.3 Å². The van der Waals surface area contributed by atoms with Crippen molar-refractivity contribution in [1.82, 2.24) is 14.5 Å². The van der Waals surface area contributed by atoms with E-state index in [-0.39, 0.29) is 22.5 Å². The van der Waals surface area contributed by atoms with Gasteiger partial charge in [0, 0.05) is 79.7 Å². The van der Waals surface area contributed by atoms with Crippen molar-refractivity contribution >= 4 is 38.8 Å². The van der Waals surface area contributed by atoms with Crippen molar-refractivity contribution in [3.8, 4) is 5.75 Å². The minimum absolute atomic E-state index is 0.0379. The van der Waals surface area contributed by atoms with E-state index in [1.807, 2.05) is 25.1 Å². The zero-order chi connectivity index (χ0) is 37.5. The van der Waals surface area contributed by atoms with Crippen molar-refractivity contribution in [1.29, 1.82) is 0 Å². The Labute approximate surface area is 323 Å². The van der Waals surface area contributed by atoms with Crippen molar-refractivity contribution in [3.05, 3.63) is 70.3 Å². The summed E-state index contributed by atoms with van der Waals surface area (Å²) in [6.07, 6.45) is 10.7. The first-order valence-corrected chi connectivity index (χ1v) is 22.3. The number of nitrogens with one attached hydrogen (secondary N) is 1. The molecular weight excluding hydrogens is 704 g/mol. The van der Waals surface area contributed by atoms with Gasteiger partial charge in [-0.15, -0.1) is 0 Å². The Morgan fingerprint density at radius 2 is 1.91 bits per heavy atom. The fourth-order valence-corrected chi connectivity index (χ4v) is 11.6. The summed E-state index contributed by atoms with van der Waals surface area (Å²) in [6.45, 7) is 18.6. The van der Waals surface area contributed by atoms with Crippen molar-refractivity contribution in [3.63, 3.8) is 0 Å². The van der Waals surface area contributed by atoms with E-state index in [1.54, 1.807) is 6.07 Å². The lowest BCUT2D eigenvalue weighted by Gasteiger charge is -2.52. The highest BCUT2D eigenvalue weighted by molar-refractivity contribution is 7.99. The van der Waals surface area contributed by atoms with Crippen LogP contribution in [0.15, 0.2) is 48.6 Å². The zero-order valence-electron chi connectivity index (χ0n) is 32.6. The van der Waals surface area contributed by atoms with Gasteiger partial charge in [-0.05, 0) is 131 Å². The molecule has 0 radical (unpaired) electrons. The first-order valence-electron chi connectivity index (χ1n) is 20.1. The van der Waals surface area contributed by atoms with Crippen LogP contribution in [0.1, 0.15) is 88.2 Å². The number of halogens is 1. The summed E-state index contributed by atoms with van der Waals surface area (Å²) in [4.78, 5) is 21.5. The number of carbonyl (C=O) groups is 1. The fraction of sp³-hybridized carbons (Fsp3) is 0.628. The molecule has 3 heterocycles. The molecule has 1 saturated heterocycles. The molecule has 5 aliphatic rings. The highest BCUT2D eigenvalue weighted by Gasteiger charge is 2.50. The van der Waals surface area contributed by atoms with Gasteiger partial charge < -0.3 is 14.4 Å². The summed E-state index contributed by atoms with van der Waals surface area (Å²) >= 11 is 6.53. The second-order valence-electron chi connectivity index (χ2n) is 17.0. The van der Waals surface area contributed by atoms with Gasteiger partial charge in [0.05, 0.1) is 22.0 Å². The summed E-state index contributed by atoms with van der Waals surface area (Å²) in [5, 5.41) is 0.444. The maximum Gasteiger partial charge on any atom is 0.262 e. The third-order valence-electron chi connectivity index (χ3n) is 13.4. The first kappa shape index (κ1) is 38.7. The monoisotopic (exact) mass is 764 g/mol. The van der Waals surface area contributed by atoms with E-state index in [0.29, 0.717) is 36.7 Å². The Morgan fingerprint density at radius 3 is 2.62 bits per heavy atom. The molecule has 1 unspecified atom stereocenters. The number of hydrogen-bond acceptors (Lipinski definition) is 7. The maximum absolute atomic E-state index is 14.1. The molecule has 2 bridgehead atoms. The van der Waals surface area contributed by atoms with Gasteiger partial charge in [0.15, 0.2) is 0 Å². The number of amides is 1. The number of aryl methyl sites for hydroxylation is 1. The SMILES string of the molecule is C=S1(=O)NC(=O)c2ccc3c(c2)N(C[C@@H]2CC[C@H]2[C@@](CN2CCN(C(C)C)CC2)(OCC)/C=C/C[C@H](C)[C@H]1C)C[C@@]1(CCCc2cc(Cl)ccc21)CO3. The van der Waals surface area contributed by atoms with Crippen molar-refractivity contribution in [2.75, 3.05) is 63.9 Å². The number of benzene rings is 2. The van der Waals surface area contributed by atoms with Crippen LogP contribution in [-0.2, 0) is 26.3 Å². The number of hydrogen-bond donors (Lipinski definition) is 1. The van der Waals surface area contributed by atoms with E-state index in [9.17, 15) is 9.00 Å². The van der Waals surface area contributed by atoms with Gasteiger partial charge in [0.2, 0.25) is 0 Å². The maximum atomic E-state index is 14.1. The van der Waals surface area contributed by atoms with Crippen LogP contribution in [-0.4, -0.2) is 102 Å². The standard InChI is InChI=1S/C43H61ClN4O4S/c1-7-52-43(28-46-20-22-47(23-21-46)30(2)3)19-8-10-31(4)32(5)53(6,50)45-41(49)34-13-17-40-39(25-34)48(26-35-12-15-38(35)43)27-42(29-51-40)18-9-11-33-24-36(44)14-16-37(33)42/h8,13-14,16-17,19,24-25,30-32,35,38H,6-7,9-12,15,18,20-23,26-29H2,1-5H3,(H,45,49,50)/b19-8+/t31-,32+,35-,38+,42-,43+,53?/m0/s1. The minimum atomic E-state index is -2.95. The molecule has 0 aromatic heterocycles. The number of nitrogens with zero attached hydrogens (tertiary/aromatic N) is 3. The number of piperazine rings is 1. The molecule has 3 aliphatic heterocycles. The van der Waals surface area contributed by atoms with Crippen LogP contribution < -0.4 is 14.4 Å². The van der Waals surface area contributed by atoms with Gasteiger partial charge in [-0.25, -0.2) is 4.21 Å². The number of allylic oxidation sites excluding steroid dienone is 1. The van der Waals surface area contributed by atoms with Crippen LogP contribution in [0.2, 0.25) is 5.02 Å². The Bertz CT molecular complexity index is 1790. The van der Waals surface area contributed by atoms with E-state index in [0.717, 1.165) is 101 Å². The molecule has 10 heteroatoms. The molecule has 8 nitrogen and oxygen atoms in total. The normalized spacial score (nSPS) is 34.7. The highest BCUT2D eigenvalue weighted by atomic mass is 35.5. The van der Waals surface area contributed by atoms with Crippen LogP contribution in [0.5, 0.6) is 5.75 Å². The van der Waals surface area contributed by atoms with E-state index in [1.165, 1.54) is 11.1 Å². The van der Waals surface area contributed by atoms with E-state index >= 15 is 0 Å². The third-order valence-corrected chi connectivity index (χ3v) is 15.8. The minimum Gasteiger partial charge on any atom is -0.490 e. The molecule has 7 rings (SSSR count). The topological polar surface area (TPSA) is 74.4 Å². The van der Waals surface area contributed by atoms with E-state index in [4.69, 9.17) is 21.1 Å². The molecule has 2 aromatic carbocycles. The number of fused-ring (bicyclic) bond motifs is 4. The smallest absolute Gasteiger partial charge is 0.262 e. The molecule has 7 atom stereocenters.